The molecule has 3 aromatic rings. The zero-order chi connectivity index (χ0) is 16.0. The summed E-state index contributed by atoms with van der Waals surface area (Å²) in [7, 11) is 0. The molecule has 0 amide bonds. The smallest absolute Gasteiger partial charge is 0.154 e. The minimum atomic E-state index is 0.0959. The van der Waals surface area contributed by atoms with Crippen molar-refractivity contribution in [2.24, 2.45) is 11.7 Å². The van der Waals surface area contributed by atoms with E-state index in [9.17, 15) is 5.11 Å². The maximum absolute atomic E-state index is 9.37. The van der Waals surface area contributed by atoms with Gasteiger partial charge in [-0.25, -0.2) is 9.97 Å². The van der Waals surface area contributed by atoms with Gasteiger partial charge in [-0.3, -0.25) is 4.40 Å². The SMILES string of the molecule is CC[C@@H]1C[C@H](N)CC1c1nc(CCO)c2cnc3[nH]ccc3n12. The first-order valence-corrected chi connectivity index (χ1v) is 8.42. The molecule has 1 aliphatic carbocycles. The summed E-state index contributed by atoms with van der Waals surface area (Å²) >= 11 is 0. The Bertz CT molecular complexity index is 836. The Morgan fingerprint density at radius 1 is 1.39 bits per heavy atom. The maximum Gasteiger partial charge on any atom is 0.154 e. The largest absolute Gasteiger partial charge is 0.396 e. The molecule has 1 saturated carbocycles. The highest BCUT2D eigenvalue weighted by atomic mass is 16.3. The molecule has 3 heterocycles. The Labute approximate surface area is 134 Å². The van der Waals surface area contributed by atoms with Gasteiger partial charge >= 0.3 is 0 Å². The van der Waals surface area contributed by atoms with Gasteiger partial charge < -0.3 is 15.8 Å². The van der Waals surface area contributed by atoms with Gasteiger partial charge in [0.25, 0.3) is 0 Å². The predicted molar refractivity (Wildman–Crippen MR) is 89.4 cm³/mol. The highest BCUT2D eigenvalue weighted by Crippen LogP contribution is 2.41. The molecule has 23 heavy (non-hydrogen) atoms. The number of nitrogens with zero attached hydrogens (tertiary/aromatic N) is 3. The molecule has 1 aliphatic rings. The number of aliphatic hydroxyl groups excluding tert-OH is 1. The molecule has 3 atom stereocenters. The van der Waals surface area contributed by atoms with Crippen LogP contribution in [0.25, 0.3) is 16.7 Å². The van der Waals surface area contributed by atoms with Crippen LogP contribution < -0.4 is 5.73 Å². The number of aromatic nitrogens is 4. The lowest BCUT2D eigenvalue weighted by molar-refractivity contribution is 0.298. The number of aromatic amines is 1. The average molecular weight is 313 g/mol. The average Bonchev–Trinajstić information content (AvgIpc) is 3.23. The van der Waals surface area contributed by atoms with Crippen LogP contribution in [0, 0.1) is 5.92 Å². The molecular formula is C17H23N5O. The van der Waals surface area contributed by atoms with Crippen LogP contribution in [0.1, 0.15) is 43.6 Å². The van der Waals surface area contributed by atoms with Crippen molar-refractivity contribution < 1.29 is 5.11 Å². The monoisotopic (exact) mass is 313 g/mol. The van der Waals surface area contributed by atoms with Crippen molar-refractivity contribution in [3.8, 4) is 0 Å². The van der Waals surface area contributed by atoms with E-state index in [-0.39, 0.29) is 12.6 Å². The lowest BCUT2D eigenvalue weighted by Gasteiger charge is -2.17. The molecule has 0 radical (unpaired) electrons. The first-order valence-electron chi connectivity index (χ1n) is 8.42. The lowest BCUT2D eigenvalue weighted by Crippen LogP contribution is -2.15. The predicted octanol–water partition coefficient (Wildman–Crippen LogP) is 1.98. The van der Waals surface area contributed by atoms with Gasteiger partial charge in [-0.1, -0.05) is 13.3 Å². The molecule has 4 rings (SSSR count). The van der Waals surface area contributed by atoms with E-state index in [1.165, 1.54) is 0 Å². The number of hydrogen-bond acceptors (Lipinski definition) is 4. The molecule has 0 aliphatic heterocycles. The second-order valence-corrected chi connectivity index (χ2v) is 6.59. The molecule has 0 aromatic carbocycles. The third-order valence-corrected chi connectivity index (χ3v) is 5.21. The van der Waals surface area contributed by atoms with Crippen molar-refractivity contribution in [3.05, 3.63) is 30.0 Å². The fourth-order valence-electron chi connectivity index (χ4n) is 4.12. The number of nitrogens with two attached hydrogens (primary N) is 1. The van der Waals surface area contributed by atoms with Crippen LogP contribution in [-0.2, 0) is 6.42 Å². The van der Waals surface area contributed by atoms with E-state index in [2.05, 4.69) is 21.3 Å². The van der Waals surface area contributed by atoms with Crippen LogP contribution in [0.15, 0.2) is 18.5 Å². The Kier molecular flexibility index (Phi) is 3.58. The second kappa shape index (κ2) is 5.62. The molecule has 0 spiro atoms. The number of H-pyrrole nitrogens is 1. The number of nitrogens with one attached hydrogen (secondary N) is 1. The Hall–Kier alpha value is -1.92. The Balaban J connectivity index is 1.96. The van der Waals surface area contributed by atoms with E-state index in [0.717, 1.165) is 47.5 Å². The number of hydrogen-bond donors (Lipinski definition) is 3. The van der Waals surface area contributed by atoms with E-state index in [1.807, 2.05) is 18.5 Å². The molecule has 4 N–H and O–H groups in total. The minimum Gasteiger partial charge on any atom is -0.396 e. The van der Waals surface area contributed by atoms with Crippen LogP contribution in [0.4, 0.5) is 0 Å². The highest BCUT2D eigenvalue weighted by molar-refractivity contribution is 5.76. The molecule has 122 valence electrons. The number of aliphatic hydroxyl groups is 1. The van der Waals surface area contributed by atoms with Crippen molar-refractivity contribution in [3.63, 3.8) is 0 Å². The van der Waals surface area contributed by atoms with Gasteiger partial charge in [0, 0.05) is 31.2 Å². The summed E-state index contributed by atoms with van der Waals surface area (Å²) in [5.74, 6) is 2.02. The van der Waals surface area contributed by atoms with Crippen molar-refractivity contribution in [2.75, 3.05) is 6.61 Å². The Morgan fingerprint density at radius 3 is 3.04 bits per heavy atom. The van der Waals surface area contributed by atoms with Crippen LogP contribution in [0.2, 0.25) is 0 Å². The zero-order valence-electron chi connectivity index (χ0n) is 13.4. The topological polar surface area (TPSA) is 92.2 Å². The number of imidazole rings is 1. The summed E-state index contributed by atoms with van der Waals surface area (Å²) < 4.78 is 2.22. The van der Waals surface area contributed by atoms with E-state index in [1.54, 1.807) is 0 Å². The van der Waals surface area contributed by atoms with Gasteiger partial charge in [-0.05, 0) is 24.8 Å². The summed E-state index contributed by atoms with van der Waals surface area (Å²) in [6.45, 7) is 2.33. The van der Waals surface area contributed by atoms with Crippen molar-refractivity contribution in [1.82, 2.24) is 19.4 Å². The molecule has 6 heteroatoms. The van der Waals surface area contributed by atoms with Crippen molar-refractivity contribution in [1.29, 1.82) is 0 Å². The molecular weight excluding hydrogens is 290 g/mol. The fraction of sp³-hybridized carbons (Fsp3) is 0.529. The maximum atomic E-state index is 9.37. The van der Waals surface area contributed by atoms with Crippen LogP contribution >= 0.6 is 0 Å². The van der Waals surface area contributed by atoms with Crippen LogP contribution in [-0.4, -0.2) is 37.1 Å². The van der Waals surface area contributed by atoms with Crippen LogP contribution in [0.5, 0.6) is 0 Å². The molecule has 6 nitrogen and oxygen atoms in total. The summed E-state index contributed by atoms with van der Waals surface area (Å²) in [4.78, 5) is 12.6. The van der Waals surface area contributed by atoms with Crippen molar-refractivity contribution >= 4 is 16.7 Å². The zero-order valence-corrected chi connectivity index (χ0v) is 13.4. The minimum absolute atomic E-state index is 0.0959. The quantitative estimate of drug-likeness (QED) is 0.686. The van der Waals surface area contributed by atoms with Gasteiger partial charge in [-0.2, -0.15) is 0 Å². The third-order valence-electron chi connectivity index (χ3n) is 5.21. The lowest BCUT2D eigenvalue weighted by atomic mass is 9.93. The molecule has 3 aromatic heterocycles. The first kappa shape index (κ1) is 14.7. The van der Waals surface area contributed by atoms with Crippen LogP contribution in [0.3, 0.4) is 0 Å². The summed E-state index contributed by atoms with van der Waals surface area (Å²) in [5, 5.41) is 9.37. The fourth-order valence-corrected chi connectivity index (χ4v) is 4.12. The third kappa shape index (κ3) is 2.24. The highest BCUT2D eigenvalue weighted by Gasteiger charge is 2.35. The molecule has 0 bridgehead atoms. The Morgan fingerprint density at radius 2 is 2.26 bits per heavy atom. The van der Waals surface area contributed by atoms with E-state index >= 15 is 0 Å². The molecule has 1 unspecified atom stereocenters. The second-order valence-electron chi connectivity index (χ2n) is 6.59. The molecule has 1 fully saturated rings. The number of fused-ring (bicyclic) bond motifs is 3. The summed E-state index contributed by atoms with van der Waals surface area (Å²) in [6, 6.07) is 2.29. The van der Waals surface area contributed by atoms with E-state index in [0.29, 0.717) is 18.3 Å². The summed E-state index contributed by atoms with van der Waals surface area (Å²) in [6.07, 6.45) is 7.47. The normalized spacial score (nSPS) is 24.9. The van der Waals surface area contributed by atoms with Gasteiger partial charge in [0.05, 0.1) is 22.9 Å². The van der Waals surface area contributed by atoms with Gasteiger partial charge in [0.2, 0.25) is 0 Å². The molecule has 0 saturated heterocycles. The van der Waals surface area contributed by atoms with Gasteiger partial charge in [-0.15, -0.1) is 0 Å². The van der Waals surface area contributed by atoms with Gasteiger partial charge in [0.15, 0.2) is 5.65 Å². The number of rotatable bonds is 4. The van der Waals surface area contributed by atoms with E-state index < -0.39 is 0 Å². The summed E-state index contributed by atoms with van der Waals surface area (Å²) in [5.41, 5.74) is 10.1. The standard InChI is InChI=1S/C17H23N5O/c1-2-10-7-11(18)8-12(10)17-21-13(4-6-23)15-9-20-16-14(22(15)17)3-5-19-16/h3,5,9-12,19,23H,2,4,6-8,18H2,1H3/t10-,11+,12?/m1/s1. The van der Waals surface area contributed by atoms with Gasteiger partial charge in [0.1, 0.15) is 5.82 Å². The van der Waals surface area contributed by atoms with Crippen molar-refractivity contribution in [2.45, 2.75) is 44.6 Å². The van der Waals surface area contributed by atoms with E-state index in [4.69, 9.17) is 10.7 Å². The first-order chi connectivity index (χ1) is 11.2.